The van der Waals surface area contributed by atoms with Gasteiger partial charge in [-0.25, -0.2) is 14.2 Å². The summed E-state index contributed by atoms with van der Waals surface area (Å²) in [7, 11) is 0. The van der Waals surface area contributed by atoms with Gasteiger partial charge < -0.3 is 0 Å². The Morgan fingerprint density at radius 1 is 1.35 bits per heavy atom. The maximum atomic E-state index is 12.1. The average molecular weight is 233 g/mol. The molecule has 0 aliphatic rings. The second-order valence-corrected chi connectivity index (χ2v) is 4.22. The SMILES string of the molecule is CCc1cccn2c(=O)n(C(C)C)c(=O)nc12. The van der Waals surface area contributed by atoms with E-state index in [0.29, 0.717) is 5.65 Å². The Hall–Kier alpha value is -1.91. The molecule has 2 aromatic heterocycles. The first-order valence-electron chi connectivity index (χ1n) is 5.69. The van der Waals surface area contributed by atoms with Crippen LogP contribution >= 0.6 is 0 Å². The Kier molecular flexibility index (Phi) is 2.83. The number of nitrogens with zero attached hydrogens (tertiary/aromatic N) is 3. The molecule has 90 valence electrons. The van der Waals surface area contributed by atoms with Gasteiger partial charge in [0, 0.05) is 12.2 Å². The van der Waals surface area contributed by atoms with Gasteiger partial charge in [0.25, 0.3) is 0 Å². The van der Waals surface area contributed by atoms with Gasteiger partial charge in [0.1, 0.15) is 5.65 Å². The van der Waals surface area contributed by atoms with Crippen LogP contribution in [0.25, 0.3) is 5.65 Å². The molecule has 0 saturated heterocycles. The zero-order chi connectivity index (χ0) is 12.6. The molecule has 0 saturated carbocycles. The third-order valence-electron chi connectivity index (χ3n) is 2.77. The van der Waals surface area contributed by atoms with Crippen molar-refractivity contribution in [1.29, 1.82) is 0 Å². The molecule has 0 aliphatic carbocycles. The van der Waals surface area contributed by atoms with E-state index < -0.39 is 5.69 Å². The third-order valence-corrected chi connectivity index (χ3v) is 2.77. The molecule has 0 aromatic carbocycles. The van der Waals surface area contributed by atoms with Crippen molar-refractivity contribution in [3.63, 3.8) is 0 Å². The number of pyridine rings is 1. The van der Waals surface area contributed by atoms with Crippen molar-refractivity contribution in [2.24, 2.45) is 0 Å². The lowest BCUT2D eigenvalue weighted by molar-refractivity contribution is 0.525. The van der Waals surface area contributed by atoms with Crippen LogP contribution in [0.3, 0.4) is 0 Å². The van der Waals surface area contributed by atoms with Gasteiger partial charge in [0.15, 0.2) is 0 Å². The third kappa shape index (κ3) is 1.77. The van der Waals surface area contributed by atoms with Gasteiger partial charge in [-0.1, -0.05) is 13.0 Å². The summed E-state index contributed by atoms with van der Waals surface area (Å²) in [6, 6.07) is 3.48. The van der Waals surface area contributed by atoms with Crippen LogP contribution in [0.2, 0.25) is 0 Å². The van der Waals surface area contributed by atoms with Crippen LogP contribution in [0.15, 0.2) is 27.9 Å². The van der Waals surface area contributed by atoms with Gasteiger partial charge in [0.2, 0.25) is 0 Å². The van der Waals surface area contributed by atoms with Crippen molar-refractivity contribution in [3.8, 4) is 0 Å². The molecule has 0 atom stereocenters. The summed E-state index contributed by atoms with van der Waals surface area (Å²) < 4.78 is 2.59. The fraction of sp³-hybridized carbons (Fsp3) is 0.417. The maximum absolute atomic E-state index is 12.1. The molecule has 0 radical (unpaired) electrons. The van der Waals surface area contributed by atoms with Gasteiger partial charge in [-0.2, -0.15) is 4.98 Å². The smallest absolute Gasteiger partial charge is 0.252 e. The van der Waals surface area contributed by atoms with E-state index in [9.17, 15) is 9.59 Å². The maximum Gasteiger partial charge on any atom is 0.353 e. The minimum absolute atomic E-state index is 0.190. The van der Waals surface area contributed by atoms with Gasteiger partial charge in [-0.05, 0) is 31.9 Å². The summed E-state index contributed by atoms with van der Waals surface area (Å²) >= 11 is 0. The molecule has 0 unspecified atom stereocenters. The fourth-order valence-electron chi connectivity index (χ4n) is 1.89. The van der Waals surface area contributed by atoms with Crippen LogP contribution in [0.1, 0.15) is 32.4 Å². The number of aromatic nitrogens is 3. The zero-order valence-corrected chi connectivity index (χ0v) is 10.2. The number of hydrogen-bond acceptors (Lipinski definition) is 3. The molecular formula is C12H15N3O2. The lowest BCUT2D eigenvalue weighted by atomic mass is 10.2. The van der Waals surface area contributed by atoms with Crippen molar-refractivity contribution in [1.82, 2.24) is 14.0 Å². The molecule has 0 spiro atoms. The predicted molar refractivity (Wildman–Crippen MR) is 65.5 cm³/mol. The second kappa shape index (κ2) is 4.16. The van der Waals surface area contributed by atoms with Crippen LogP contribution in [0, 0.1) is 0 Å². The van der Waals surface area contributed by atoms with Gasteiger partial charge >= 0.3 is 11.4 Å². The van der Waals surface area contributed by atoms with E-state index in [2.05, 4.69) is 4.98 Å². The number of fused-ring (bicyclic) bond motifs is 1. The molecule has 0 bridgehead atoms. The topological polar surface area (TPSA) is 56.4 Å². The Morgan fingerprint density at radius 3 is 2.65 bits per heavy atom. The molecule has 17 heavy (non-hydrogen) atoms. The van der Waals surface area contributed by atoms with Gasteiger partial charge in [0.05, 0.1) is 0 Å². The average Bonchev–Trinajstić information content (AvgIpc) is 2.28. The normalized spacial score (nSPS) is 11.3. The summed E-state index contributed by atoms with van der Waals surface area (Å²) in [5, 5.41) is 0. The van der Waals surface area contributed by atoms with Crippen LogP contribution in [-0.2, 0) is 6.42 Å². The van der Waals surface area contributed by atoms with Gasteiger partial charge in [-0.3, -0.25) is 4.40 Å². The Balaban J connectivity index is 2.96. The molecule has 2 aromatic rings. The molecule has 5 nitrogen and oxygen atoms in total. The summed E-state index contributed by atoms with van der Waals surface area (Å²) in [6.45, 7) is 5.55. The predicted octanol–water partition coefficient (Wildman–Crippen LogP) is 0.999. The standard InChI is InChI=1S/C12H15N3O2/c1-4-9-6-5-7-14-10(9)13-11(16)15(8(2)3)12(14)17/h5-8H,4H2,1-3H3. The first-order valence-corrected chi connectivity index (χ1v) is 5.69. The van der Waals surface area contributed by atoms with Crippen LogP contribution in [0.5, 0.6) is 0 Å². The Labute approximate surface area is 98.4 Å². The molecule has 0 fully saturated rings. The first-order chi connectivity index (χ1) is 8.06. The van der Waals surface area contributed by atoms with E-state index in [1.165, 1.54) is 4.40 Å². The van der Waals surface area contributed by atoms with Crippen molar-refractivity contribution < 1.29 is 0 Å². The first kappa shape index (κ1) is 11.6. The van der Waals surface area contributed by atoms with Gasteiger partial charge in [-0.15, -0.1) is 0 Å². The number of hydrogen-bond donors (Lipinski definition) is 0. The molecule has 2 heterocycles. The summed E-state index contributed by atoms with van der Waals surface area (Å²) in [5.41, 5.74) is 0.552. The van der Waals surface area contributed by atoms with E-state index in [0.717, 1.165) is 16.6 Å². The minimum atomic E-state index is -0.481. The summed E-state index contributed by atoms with van der Waals surface area (Å²) in [5.74, 6) is 0. The number of rotatable bonds is 2. The Bertz CT molecular complexity index is 667. The Morgan fingerprint density at radius 2 is 2.06 bits per heavy atom. The van der Waals surface area contributed by atoms with Crippen LogP contribution < -0.4 is 11.4 Å². The molecule has 0 amide bonds. The monoisotopic (exact) mass is 233 g/mol. The second-order valence-electron chi connectivity index (χ2n) is 4.22. The largest absolute Gasteiger partial charge is 0.353 e. The zero-order valence-electron chi connectivity index (χ0n) is 10.2. The molecular weight excluding hydrogens is 218 g/mol. The lowest BCUT2D eigenvalue weighted by Gasteiger charge is -2.10. The highest BCUT2D eigenvalue weighted by atomic mass is 16.2. The van der Waals surface area contributed by atoms with E-state index in [1.807, 2.05) is 13.0 Å². The highest BCUT2D eigenvalue weighted by Crippen LogP contribution is 2.05. The summed E-state index contributed by atoms with van der Waals surface area (Å²) in [6.07, 6.45) is 2.38. The summed E-state index contributed by atoms with van der Waals surface area (Å²) in [4.78, 5) is 27.9. The number of aryl methyl sites for hydroxylation is 1. The lowest BCUT2D eigenvalue weighted by Crippen LogP contribution is -2.40. The van der Waals surface area contributed by atoms with Crippen LogP contribution in [0.4, 0.5) is 0 Å². The quantitative estimate of drug-likeness (QED) is 0.777. The van der Waals surface area contributed by atoms with Crippen molar-refractivity contribution in [2.45, 2.75) is 33.2 Å². The molecule has 0 aliphatic heterocycles. The molecule has 0 N–H and O–H groups in total. The molecule has 2 rings (SSSR count). The highest BCUT2D eigenvalue weighted by Gasteiger charge is 2.11. The van der Waals surface area contributed by atoms with Crippen molar-refractivity contribution >= 4 is 5.65 Å². The van der Waals surface area contributed by atoms with Crippen molar-refractivity contribution in [2.75, 3.05) is 0 Å². The molecule has 5 heteroatoms. The van der Waals surface area contributed by atoms with E-state index >= 15 is 0 Å². The fourth-order valence-corrected chi connectivity index (χ4v) is 1.89. The van der Waals surface area contributed by atoms with Crippen LogP contribution in [-0.4, -0.2) is 14.0 Å². The van der Waals surface area contributed by atoms with E-state index in [-0.39, 0.29) is 11.7 Å². The van der Waals surface area contributed by atoms with E-state index in [1.54, 1.807) is 26.1 Å². The highest BCUT2D eigenvalue weighted by molar-refractivity contribution is 5.46. The van der Waals surface area contributed by atoms with Crippen molar-refractivity contribution in [3.05, 3.63) is 44.9 Å². The van der Waals surface area contributed by atoms with E-state index in [4.69, 9.17) is 0 Å². The minimum Gasteiger partial charge on any atom is -0.252 e.